The largest absolute Gasteiger partial charge is 0.411 e. The molecular formula is C17H16F3N5O2. The summed E-state index contributed by atoms with van der Waals surface area (Å²) < 4.78 is 46.8. The SMILES string of the molecule is O=C([C@@H]1CCN(c2nnco2)C[C@@H]1F)N1N=CC[C@H]1c1cc(F)cc(F)c1. The molecule has 0 aliphatic carbocycles. The molecule has 2 aliphatic rings. The number of rotatable bonds is 3. The van der Waals surface area contributed by atoms with Crippen LogP contribution in [0.25, 0.3) is 0 Å². The van der Waals surface area contributed by atoms with Gasteiger partial charge in [-0.05, 0) is 24.1 Å². The Kier molecular flexibility index (Phi) is 4.54. The van der Waals surface area contributed by atoms with E-state index in [9.17, 15) is 18.0 Å². The van der Waals surface area contributed by atoms with Crippen molar-refractivity contribution >= 4 is 18.1 Å². The van der Waals surface area contributed by atoms with Crippen LogP contribution in [0.3, 0.4) is 0 Å². The van der Waals surface area contributed by atoms with Crippen LogP contribution in [0.4, 0.5) is 19.2 Å². The number of aromatic nitrogens is 2. The predicted octanol–water partition coefficient (Wildman–Crippen LogP) is 2.47. The Balaban J connectivity index is 1.49. The van der Waals surface area contributed by atoms with Gasteiger partial charge in [0.2, 0.25) is 12.3 Å². The van der Waals surface area contributed by atoms with Gasteiger partial charge in [0.1, 0.15) is 17.8 Å². The van der Waals surface area contributed by atoms with Crippen LogP contribution in [-0.2, 0) is 4.79 Å². The fourth-order valence-electron chi connectivity index (χ4n) is 3.50. The van der Waals surface area contributed by atoms with E-state index in [0.717, 1.165) is 29.6 Å². The van der Waals surface area contributed by atoms with Crippen molar-refractivity contribution in [3.8, 4) is 0 Å². The molecule has 1 aromatic carbocycles. The number of carbonyl (C=O) groups excluding carboxylic acids is 1. The highest BCUT2D eigenvalue weighted by atomic mass is 19.1. The minimum atomic E-state index is -1.46. The highest BCUT2D eigenvalue weighted by Gasteiger charge is 2.41. The average molecular weight is 379 g/mol. The summed E-state index contributed by atoms with van der Waals surface area (Å²) in [5.74, 6) is -2.88. The highest BCUT2D eigenvalue weighted by Crippen LogP contribution is 2.33. The molecule has 142 valence electrons. The molecule has 3 atom stereocenters. The number of carbonyl (C=O) groups is 1. The van der Waals surface area contributed by atoms with Crippen molar-refractivity contribution in [1.29, 1.82) is 0 Å². The fraction of sp³-hybridized carbons (Fsp3) is 0.412. The maximum Gasteiger partial charge on any atom is 0.318 e. The van der Waals surface area contributed by atoms with Gasteiger partial charge >= 0.3 is 6.01 Å². The van der Waals surface area contributed by atoms with E-state index in [1.54, 1.807) is 4.90 Å². The van der Waals surface area contributed by atoms with Crippen LogP contribution >= 0.6 is 0 Å². The van der Waals surface area contributed by atoms with Crippen molar-refractivity contribution in [3.63, 3.8) is 0 Å². The van der Waals surface area contributed by atoms with Gasteiger partial charge in [-0.3, -0.25) is 4.79 Å². The van der Waals surface area contributed by atoms with Gasteiger partial charge < -0.3 is 9.32 Å². The van der Waals surface area contributed by atoms with Crippen LogP contribution in [0.1, 0.15) is 24.4 Å². The second kappa shape index (κ2) is 7.01. The number of nitrogens with zero attached hydrogens (tertiary/aromatic N) is 5. The Morgan fingerprint density at radius 2 is 2.00 bits per heavy atom. The lowest BCUT2D eigenvalue weighted by molar-refractivity contribution is -0.140. The van der Waals surface area contributed by atoms with Crippen LogP contribution in [0, 0.1) is 17.6 Å². The first-order chi connectivity index (χ1) is 13.0. The third-order valence-corrected chi connectivity index (χ3v) is 4.80. The summed E-state index contributed by atoms with van der Waals surface area (Å²) in [5, 5.41) is 12.5. The number of hydrazone groups is 1. The lowest BCUT2D eigenvalue weighted by atomic mass is 9.93. The van der Waals surface area contributed by atoms with E-state index in [4.69, 9.17) is 4.42 Å². The number of hydrogen-bond acceptors (Lipinski definition) is 6. The Morgan fingerprint density at radius 3 is 2.67 bits per heavy atom. The quantitative estimate of drug-likeness (QED) is 0.819. The van der Waals surface area contributed by atoms with E-state index in [1.165, 1.54) is 6.21 Å². The Hall–Kier alpha value is -2.91. The summed E-state index contributed by atoms with van der Waals surface area (Å²) >= 11 is 0. The van der Waals surface area contributed by atoms with Gasteiger partial charge in [0, 0.05) is 25.2 Å². The number of benzene rings is 1. The van der Waals surface area contributed by atoms with Crippen LogP contribution in [0.2, 0.25) is 0 Å². The van der Waals surface area contributed by atoms with Gasteiger partial charge in [-0.25, -0.2) is 18.2 Å². The summed E-state index contributed by atoms with van der Waals surface area (Å²) in [7, 11) is 0. The van der Waals surface area contributed by atoms with Gasteiger partial charge in [-0.15, -0.1) is 5.10 Å². The molecule has 27 heavy (non-hydrogen) atoms. The zero-order valence-corrected chi connectivity index (χ0v) is 14.1. The van der Waals surface area contributed by atoms with Crippen LogP contribution in [-0.4, -0.2) is 46.6 Å². The molecule has 0 N–H and O–H groups in total. The van der Waals surface area contributed by atoms with Crippen molar-refractivity contribution in [3.05, 3.63) is 41.8 Å². The average Bonchev–Trinajstić information content (AvgIpc) is 3.32. The number of piperidine rings is 1. The van der Waals surface area contributed by atoms with E-state index >= 15 is 0 Å². The van der Waals surface area contributed by atoms with E-state index in [2.05, 4.69) is 15.3 Å². The van der Waals surface area contributed by atoms with Gasteiger partial charge in [-0.2, -0.15) is 5.10 Å². The fourth-order valence-corrected chi connectivity index (χ4v) is 3.50. The Bertz CT molecular complexity index is 840. The molecule has 7 nitrogen and oxygen atoms in total. The number of amides is 1. The zero-order chi connectivity index (χ0) is 19.0. The number of halogens is 3. The van der Waals surface area contributed by atoms with Crippen molar-refractivity contribution in [2.45, 2.75) is 25.1 Å². The van der Waals surface area contributed by atoms with Crippen LogP contribution in [0.15, 0.2) is 34.1 Å². The molecule has 0 saturated carbocycles. The Labute approximate surface area is 152 Å². The zero-order valence-electron chi connectivity index (χ0n) is 14.1. The highest BCUT2D eigenvalue weighted by molar-refractivity contribution is 5.82. The number of hydrogen-bond donors (Lipinski definition) is 0. The molecule has 10 heteroatoms. The number of alkyl halides is 1. The molecule has 2 aliphatic heterocycles. The van der Waals surface area contributed by atoms with E-state index in [1.807, 2.05) is 0 Å². The van der Waals surface area contributed by atoms with Gasteiger partial charge in [-0.1, -0.05) is 5.10 Å². The molecule has 0 unspecified atom stereocenters. The minimum absolute atomic E-state index is 0.0601. The third-order valence-electron chi connectivity index (χ3n) is 4.80. The summed E-state index contributed by atoms with van der Waals surface area (Å²) in [6, 6.07) is 2.64. The molecule has 1 aromatic heterocycles. The summed E-state index contributed by atoms with van der Waals surface area (Å²) in [6.07, 6.45) is 1.73. The molecule has 1 fully saturated rings. The monoisotopic (exact) mass is 379 g/mol. The molecular weight excluding hydrogens is 363 g/mol. The molecule has 1 amide bonds. The lowest BCUT2D eigenvalue weighted by Crippen LogP contribution is -2.48. The second-order valence-electron chi connectivity index (χ2n) is 6.51. The second-order valence-corrected chi connectivity index (χ2v) is 6.51. The van der Waals surface area contributed by atoms with Gasteiger partial charge in [0.05, 0.1) is 18.5 Å². The predicted molar refractivity (Wildman–Crippen MR) is 88.6 cm³/mol. The molecule has 1 saturated heterocycles. The molecule has 4 rings (SSSR count). The minimum Gasteiger partial charge on any atom is -0.411 e. The first kappa shape index (κ1) is 17.5. The van der Waals surface area contributed by atoms with Crippen molar-refractivity contribution in [2.24, 2.45) is 11.0 Å². The summed E-state index contributed by atoms with van der Waals surface area (Å²) in [4.78, 5) is 14.4. The molecule has 0 spiro atoms. The summed E-state index contributed by atoms with van der Waals surface area (Å²) in [6.45, 7) is 0.311. The normalized spacial score (nSPS) is 25.2. The topological polar surface area (TPSA) is 74.8 Å². The third kappa shape index (κ3) is 3.38. The first-order valence-electron chi connectivity index (χ1n) is 8.49. The van der Waals surface area contributed by atoms with Crippen molar-refractivity contribution in [1.82, 2.24) is 15.2 Å². The molecule has 0 radical (unpaired) electrons. The van der Waals surface area contributed by atoms with E-state index < -0.39 is 35.7 Å². The van der Waals surface area contributed by atoms with Gasteiger partial charge in [0.25, 0.3) is 0 Å². The van der Waals surface area contributed by atoms with E-state index in [0.29, 0.717) is 13.0 Å². The smallest absolute Gasteiger partial charge is 0.318 e. The standard InChI is InChI=1S/C17H16F3N5O2/c18-11-5-10(6-12(19)7-11)15-1-3-22-25(15)16(26)13-2-4-24(8-14(13)20)17-23-21-9-27-17/h3,5-7,9,13-15H,1-2,4,8H2/t13-,14+,15+/m1/s1. The maximum absolute atomic E-state index is 14.7. The number of anilines is 1. The lowest BCUT2D eigenvalue weighted by Gasteiger charge is -2.35. The maximum atomic E-state index is 14.7. The molecule has 0 bridgehead atoms. The molecule has 2 aromatic rings. The van der Waals surface area contributed by atoms with Gasteiger partial charge in [0.15, 0.2) is 0 Å². The van der Waals surface area contributed by atoms with E-state index in [-0.39, 0.29) is 24.5 Å². The summed E-state index contributed by atoms with van der Waals surface area (Å²) in [5.41, 5.74) is 0.289. The van der Waals surface area contributed by atoms with Crippen molar-refractivity contribution in [2.75, 3.05) is 18.0 Å². The van der Waals surface area contributed by atoms with Crippen molar-refractivity contribution < 1.29 is 22.4 Å². The Morgan fingerprint density at radius 1 is 1.22 bits per heavy atom. The van der Waals surface area contributed by atoms with Crippen LogP contribution < -0.4 is 4.90 Å². The first-order valence-corrected chi connectivity index (χ1v) is 8.49. The van der Waals surface area contributed by atoms with Crippen LogP contribution in [0.5, 0.6) is 0 Å². The molecule has 3 heterocycles.